The Hall–Kier alpha value is -1.79. The zero-order valence-electron chi connectivity index (χ0n) is 7.07. The minimum Gasteiger partial charge on any atom is -0.298 e. The van der Waals surface area contributed by atoms with Gasteiger partial charge in [-0.15, -0.1) is 0 Å². The highest BCUT2D eigenvalue weighted by Gasteiger charge is 2.43. The maximum atomic E-state index is 13.1. The van der Waals surface area contributed by atoms with Gasteiger partial charge in [0.15, 0.2) is 11.6 Å². The molecule has 0 aromatic heterocycles. The van der Waals surface area contributed by atoms with Crippen molar-refractivity contribution in [3.05, 3.63) is 33.7 Å². The fourth-order valence-corrected chi connectivity index (χ4v) is 1.43. The highest BCUT2D eigenvalue weighted by atomic mass is 19.2. The van der Waals surface area contributed by atoms with Crippen LogP contribution in [0, 0.1) is 33.6 Å². The molecule has 1 heterocycles. The van der Waals surface area contributed by atoms with Gasteiger partial charge in [0.2, 0.25) is 18.2 Å². The molecule has 1 N–H and O–H groups in total. The molecule has 0 atom stereocenters. The predicted molar refractivity (Wildman–Crippen MR) is 41.3 cm³/mol. The van der Waals surface area contributed by atoms with Gasteiger partial charge < -0.3 is 0 Å². The molecule has 0 saturated carbocycles. The number of nitrogens with one attached hydrogen (secondary N) is 1. The molecule has 1 aliphatic rings. The van der Waals surface area contributed by atoms with Crippen LogP contribution in [0.25, 0.3) is 0 Å². The summed E-state index contributed by atoms with van der Waals surface area (Å²) in [7, 11) is 0. The molecule has 0 aliphatic carbocycles. The summed E-state index contributed by atoms with van der Waals surface area (Å²) in [6, 6.07) is 0. The van der Waals surface area contributed by atoms with Gasteiger partial charge in [0.25, 0.3) is 0 Å². The van der Waals surface area contributed by atoms with Gasteiger partial charge >= 0.3 is 5.69 Å². The van der Waals surface area contributed by atoms with Crippen molar-refractivity contribution in [2.75, 3.05) is 6.54 Å². The summed E-state index contributed by atoms with van der Waals surface area (Å²) < 4.78 is 51.5. The van der Waals surface area contributed by atoms with Gasteiger partial charge in [0.05, 0.1) is 0 Å². The first-order chi connectivity index (χ1) is 6.95. The molecule has 1 aliphatic heterocycles. The van der Waals surface area contributed by atoms with Gasteiger partial charge in [-0.1, -0.05) is 0 Å². The van der Waals surface area contributed by atoms with Crippen LogP contribution in [0.5, 0.6) is 0 Å². The van der Waals surface area contributed by atoms with Crippen LogP contribution in [0.15, 0.2) is 0 Å². The molecular formula is C8H3F4N2O+. The molecule has 0 bridgehead atoms. The molecule has 7 heteroatoms. The van der Waals surface area contributed by atoms with E-state index < -0.39 is 46.8 Å². The van der Waals surface area contributed by atoms with Crippen molar-refractivity contribution in [3.63, 3.8) is 0 Å². The number of fused-ring (bicyclic) bond motifs is 1. The molecule has 1 aromatic rings. The standard InChI is InChI=1S/C8H3F4N2O/c9-4-3-2(13)1-14(15)8(3)7(12)6(11)5(4)10/h13H,1H2/q+1. The Morgan fingerprint density at radius 1 is 1.00 bits per heavy atom. The number of nitroso groups, excluding NO2 is 1. The maximum absolute atomic E-state index is 13.1. The minimum absolute atomic E-state index is 0.0847. The second-order valence-electron chi connectivity index (χ2n) is 2.99. The van der Waals surface area contributed by atoms with E-state index >= 15 is 0 Å². The average molecular weight is 219 g/mol. The third-order valence-electron chi connectivity index (χ3n) is 2.10. The van der Waals surface area contributed by atoms with Crippen LogP contribution in [0.2, 0.25) is 0 Å². The van der Waals surface area contributed by atoms with Crippen LogP contribution in [-0.4, -0.2) is 17.0 Å². The lowest BCUT2D eigenvalue weighted by atomic mass is 10.1. The Balaban J connectivity index is 2.92. The number of hydrogen-bond acceptors (Lipinski definition) is 2. The van der Waals surface area contributed by atoms with Crippen molar-refractivity contribution in [2.45, 2.75) is 0 Å². The van der Waals surface area contributed by atoms with Crippen LogP contribution >= 0.6 is 0 Å². The van der Waals surface area contributed by atoms with E-state index in [-0.39, 0.29) is 4.76 Å². The molecule has 2 rings (SSSR count). The van der Waals surface area contributed by atoms with E-state index in [1.54, 1.807) is 0 Å². The third kappa shape index (κ3) is 1.09. The van der Waals surface area contributed by atoms with E-state index in [2.05, 4.69) is 0 Å². The molecule has 0 fully saturated rings. The van der Waals surface area contributed by atoms with E-state index in [1.807, 2.05) is 0 Å². The number of hydrogen-bond donors (Lipinski definition) is 1. The normalized spacial score (nSPS) is 14.7. The van der Waals surface area contributed by atoms with E-state index in [0.717, 1.165) is 0 Å². The minimum atomic E-state index is -2.04. The van der Waals surface area contributed by atoms with Gasteiger partial charge in [-0.2, -0.15) is 4.39 Å². The summed E-state index contributed by atoms with van der Waals surface area (Å²) in [6.45, 7) is -0.619. The fourth-order valence-electron chi connectivity index (χ4n) is 1.43. The molecule has 3 nitrogen and oxygen atoms in total. The quantitative estimate of drug-likeness (QED) is 0.308. The van der Waals surface area contributed by atoms with E-state index in [0.29, 0.717) is 0 Å². The number of nitrogens with zero attached hydrogens (tertiary/aromatic N) is 1. The average Bonchev–Trinajstić information content (AvgIpc) is 2.47. The van der Waals surface area contributed by atoms with Crippen molar-refractivity contribution < 1.29 is 22.3 Å². The number of benzene rings is 1. The molecular weight excluding hydrogens is 216 g/mol. The van der Waals surface area contributed by atoms with Crippen molar-refractivity contribution in [2.24, 2.45) is 0 Å². The molecule has 0 unspecified atom stereocenters. The Bertz CT molecular complexity index is 467. The van der Waals surface area contributed by atoms with Crippen molar-refractivity contribution >= 4 is 11.4 Å². The van der Waals surface area contributed by atoms with Crippen LogP contribution < -0.4 is 0 Å². The lowest BCUT2D eigenvalue weighted by Crippen LogP contribution is -2.04. The largest absolute Gasteiger partial charge is 0.307 e. The first kappa shape index (κ1) is 9.75. The smallest absolute Gasteiger partial charge is 0.298 e. The van der Waals surface area contributed by atoms with Crippen LogP contribution in [-0.2, 0) is 0 Å². The SMILES string of the molecule is N=C1C[N+](=O)c2c(F)c(F)c(F)c(F)c21. The molecule has 0 radical (unpaired) electrons. The highest BCUT2D eigenvalue weighted by Crippen LogP contribution is 2.34. The molecule has 78 valence electrons. The van der Waals surface area contributed by atoms with E-state index in [9.17, 15) is 22.5 Å². The Kier molecular flexibility index (Phi) is 1.85. The van der Waals surface area contributed by atoms with Crippen molar-refractivity contribution in [3.8, 4) is 0 Å². The van der Waals surface area contributed by atoms with Crippen molar-refractivity contribution in [1.29, 1.82) is 5.41 Å². The van der Waals surface area contributed by atoms with Crippen LogP contribution in [0.1, 0.15) is 5.56 Å². The lowest BCUT2D eigenvalue weighted by molar-refractivity contribution is -0.442. The molecule has 0 spiro atoms. The first-order valence-corrected chi connectivity index (χ1v) is 3.83. The van der Waals surface area contributed by atoms with Crippen LogP contribution in [0.3, 0.4) is 0 Å². The summed E-state index contributed by atoms with van der Waals surface area (Å²) in [4.78, 5) is 11.0. The lowest BCUT2D eigenvalue weighted by Gasteiger charge is -1.99. The first-order valence-electron chi connectivity index (χ1n) is 3.83. The fraction of sp³-hybridized carbons (Fsp3) is 0.125. The van der Waals surface area contributed by atoms with Gasteiger partial charge in [-0.05, 0) is 0 Å². The second-order valence-corrected chi connectivity index (χ2v) is 2.99. The topological polar surface area (TPSA) is 43.9 Å². The van der Waals surface area contributed by atoms with Gasteiger partial charge in [0.1, 0.15) is 11.3 Å². The van der Waals surface area contributed by atoms with Gasteiger partial charge in [-0.25, -0.2) is 13.2 Å². The molecule has 1 aromatic carbocycles. The zero-order chi connectivity index (χ0) is 11.3. The Morgan fingerprint density at radius 3 is 2.13 bits per heavy atom. The maximum Gasteiger partial charge on any atom is 0.307 e. The monoisotopic (exact) mass is 219 g/mol. The zero-order valence-corrected chi connectivity index (χ0v) is 7.07. The second kappa shape index (κ2) is 2.85. The molecule has 0 amide bonds. The summed E-state index contributed by atoms with van der Waals surface area (Å²) in [5.74, 6) is -7.51. The summed E-state index contributed by atoms with van der Waals surface area (Å²) in [5, 5.41) is 7.13. The Labute approximate surface area is 80.4 Å². The van der Waals surface area contributed by atoms with E-state index in [1.165, 1.54) is 0 Å². The third-order valence-corrected chi connectivity index (χ3v) is 2.10. The number of halogens is 4. The summed E-state index contributed by atoms with van der Waals surface area (Å²) >= 11 is 0. The Morgan fingerprint density at radius 2 is 1.53 bits per heavy atom. The molecule has 15 heavy (non-hydrogen) atoms. The highest BCUT2D eigenvalue weighted by molar-refractivity contribution is 6.05. The predicted octanol–water partition coefficient (Wildman–Crippen LogP) is 2.03. The summed E-state index contributed by atoms with van der Waals surface area (Å²) in [5.41, 5.74) is -2.33. The molecule has 0 saturated heterocycles. The van der Waals surface area contributed by atoms with Gasteiger partial charge in [-0.3, -0.25) is 5.41 Å². The van der Waals surface area contributed by atoms with Gasteiger partial charge in [0, 0.05) is 9.67 Å². The van der Waals surface area contributed by atoms with Crippen molar-refractivity contribution in [1.82, 2.24) is 0 Å². The summed E-state index contributed by atoms with van der Waals surface area (Å²) in [6.07, 6.45) is 0. The van der Waals surface area contributed by atoms with E-state index in [4.69, 9.17) is 5.41 Å². The number of rotatable bonds is 0. The van der Waals surface area contributed by atoms with Crippen LogP contribution in [0.4, 0.5) is 23.2 Å².